The molecule has 0 saturated carbocycles. The van der Waals surface area contributed by atoms with Crippen molar-refractivity contribution < 1.29 is 86.4 Å². The predicted molar refractivity (Wildman–Crippen MR) is 179 cm³/mol. The molecule has 0 atom stereocenters. The third-order valence-corrected chi connectivity index (χ3v) is 10.4. The molecule has 2 heterocycles. The zero-order valence-electron chi connectivity index (χ0n) is 28.2. The Kier molecular flexibility index (Phi) is 14.7. The summed E-state index contributed by atoms with van der Waals surface area (Å²) < 4.78 is 153. The molecule has 1 aliphatic rings. The van der Waals surface area contributed by atoms with Crippen LogP contribution in [0.1, 0.15) is 56.5 Å². The molecule has 21 heteroatoms. The average Bonchev–Trinajstić information content (AvgIpc) is 3.44. The fourth-order valence-corrected chi connectivity index (χ4v) is 7.64. The molecule has 0 fully saturated rings. The zero-order valence-corrected chi connectivity index (χ0v) is 33.3. The summed E-state index contributed by atoms with van der Waals surface area (Å²) in [7, 11) is -9.06. The van der Waals surface area contributed by atoms with E-state index in [9.17, 15) is 52.3 Å². The normalized spacial score (nSPS) is 15.0. The number of fused-ring (bicyclic) bond motifs is 2. The molecule has 0 aliphatic carbocycles. The maximum atomic E-state index is 13.9. The Hall–Kier alpha value is -2.03. The molecule has 1 aromatic heterocycles. The Morgan fingerprint density at radius 2 is 1.31 bits per heavy atom. The molecule has 0 bridgehead atoms. The van der Waals surface area contributed by atoms with Gasteiger partial charge in [0.1, 0.15) is 5.82 Å². The molecule has 1 aliphatic heterocycles. The van der Waals surface area contributed by atoms with Crippen LogP contribution < -0.4 is 43.9 Å². The maximum Gasteiger partial charge on any atom is 1.00 e. The van der Waals surface area contributed by atoms with Gasteiger partial charge in [0.05, 0.1) is 65.9 Å². The summed E-state index contributed by atoms with van der Waals surface area (Å²) in [5.41, 5.74) is -1.22. The van der Waals surface area contributed by atoms with E-state index in [0.29, 0.717) is 22.8 Å². The number of alkyl halides is 6. The van der Waals surface area contributed by atoms with Crippen LogP contribution in [0.2, 0.25) is 10.0 Å². The van der Waals surface area contributed by atoms with Crippen molar-refractivity contribution in [2.75, 3.05) is 34.4 Å². The topological polar surface area (TPSA) is 130 Å². The van der Waals surface area contributed by atoms with E-state index in [2.05, 4.69) is 0 Å². The number of aryl methyl sites for hydroxylation is 2. The van der Waals surface area contributed by atoms with E-state index in [1.807, 2.05) is 0 Å². The van der Waals surface area contributed by atoms with Gasteiger partial charge in [-0.1, -0.05) is 29.3 Å². The van der Waals surface area contributed by atoms with E-state index in [1.165, 1.54) is 27.7 Å². The molecule has 52 heavy (non-hydrogen) atoms. The smallest absolute Gasteiger partial charge is 0.748 e. The van der Waals surface area contributed by atoms with Crippen LogP contribution >= 0.6 is 23.2 Å². The molecule has 3 aromatic rings. The second kappa shape index (κ2) is 17.2. The molecular formula is C31H33Cl2F6N4NaO6S2. The van der Waals surface area contributed by atoms with Gasteiger partial charge in [0, 0.05) is 42.8 Å². The van der Waals surface area contributed by atoms with Gasteiger partial charge in [-0.05, 0) is 57.7 Å². The third-order valence-electron chi connectivity index (χ3n) is 8.18. The van der Waals surface area contributed by atoms with Gasteiger partial charge < -0.3 is 18.9 Å². The molecule has 0 saturated heterocycles. The number of allylic oxidation sites excluding steroid dienone is 2. The SMILES string of the molecule is CCN1C(=CC=Cc2n(CC)c3cc(Cl)c(C(F)(F)F)cc3[n+]2CCCCS(=O)(=O)[O-])N(CCCCS(=O)(=O)[O-])c2cc(C(F)(F)F)c(Cl)cc21.[Na+]. The van der Waals surface area contributed by atoms with E-state index >= 15 is 0 Å². The molecule has 0 unspecified atom stereocenters. The molecule has 4 rings (SSSR count). The molecule has 10 nitrogen and oxygen atoms in total. The number of halogens is 8. The molecular weight excluding hydrogens is 796 g/mol. The van der Waals surface area contributed by atoms with Crippen LogP contribution in [0.5, 0.6) is 0 Å². The van der Waals surface area contributed by atoms with Gasteiger partial charge in [-0.25, -0.2) is 26.0 Å². The average molecular weight is 830 g/mol. The van der Waals surface area contributed by atoms with Crippen molar-refractivity contribution in [1.82, 2.24) is 4.57 Å². The summed E-state index contributed by atoms with van der Waals surface area (Å²) in [6.45, 7) is 4.05. The van der Waals surface area contributed by atoms with Gasteiger partial charge in [-0.2, -0.15) is 26.3 Å². The van der Waals surface area contributed by atoms with Crippen molar-refractivity contribution in [3.63, 3.8) is 0 Å². The van der Waals surface area contributed by atoms with E-state index in [1.54, 1.807) is 35.5 Å². The Balaban J connectivity index is 0.00000729. The van der Waals surface area contributed by atoms with Gasteiger partial charge >= 0.3 is 41.9 Å². The number of hydrogen-bond acceptors (Lipinski definition) is 8. The van der Waals surface area contributed by atoms with Gasteiger partial charge in [0.2, 0.25) is 0 Å². The standard InChI is InChI=1S/C31H34Cl2F6N4O6S2.Na/c1-3-40-26-18-22(32)20(30(34,35)36)16-24(26)42(12-5-7-14-50(44,45)46)28(40)10-9-11-29-41(4-2)27-19-23(33)21(31(37,38)39)17-25(27)43(29)13-6-8-15-51(47,48)49;/h9-11,16-19H,3-8,12-15H2,1-2H3,(H-,44,45,46,47,48,49);/q;+1/p-1. The fourth-order valence-electron chi connectivity index (χ4n) is 6.00. The van der Waals surface area contributed by atoms with Crippen LogP contribution in [0.4, 0.5) is 37.7 Å². The number of anilines is 2. The summed E-state index contributed by atoms with van der Waals surface area (Å²) in [6.07, 6.45) is -4.78. The van der Waals surface area contributed by atoms with Crippen LogP contribution in [0.15, 0.2) is 42.2 Å². The van der Waals surface area contributed by atoms with Gasteiger partial charge in [0.25, 0.3) is 5.82 Å². The molecule has 2 aromatic carbocycles. The number of nitrogens with zero attached hydrogens (tertiary/aromatic N) is 4. The van der Waals surface area contributed by atoms with Crippen LogP contribution in [-0.4, -0.2) is 55.1 Å². The molecule has 0 spiro atoms. The van der Waals surface area contributed by atoms with Crippen molar-refractivity contribution >= 4 is 71.9 Å². The molecule has 0 amide bonds. The largest absolute Gasteiger partial charge is 1.00 e. The Morgan fingerprint density at radius 3 is 1.85 bits per heavy atom. The number of benzene rings is 2. The first-order valence-electron chi connectivity index (χ1n) is 15.6. The van der Waals surface area contributed by atoms with E-state index in [-0.39, 0.29) is 92.6 Å². The summed E-state index contributed by atoms with van der Waals surface area (Å²) in [5.74, 6) is -0.585. The minimum atomic E-state index is -4.79. The number of rotatable bonds is 14. The summed E-state index contributed by atoms with van der Waals surface area (Å²) in [5, 5.41) is -1.08. The Labute approximate surface area is 329 Å². The van der Waals surface area contributed by atoms with Crippen LogP contribution in [0.25, 0.3) is 17.1 Å². The summed E-state index contributed by atoms with van der Waals surface area (Å²) in [4.78, 5) is 3.21. The Morgan fingerprint density at radius 1 is 0.769 bits per heavy atom. The van der Waals surface area contributed by atoms with E-state index < -0.39 is 65.3 Å². The second-order valence-electron chi connectivity index (χ2n) is 11.6. The number of aromatic nitrogens is 2. The molecule has 0 radical (unpaired) electrons. The first-order valence-corrected chi connectivity index (χ1v) is 19.5. The molecule has 282 valence electrons. The minimum absolute atomic E-state index is 0. The number of hydrogen-bond donors (Lipinski definition) is 0. The van der Waals surface area contributed by atoms with E-state index in [4.69, 9.17) is 23.2 Å². The summed E-state index contributed by atoms with van der Waals surface area (Å²) in [6, 6.07) is 4.14. The van der Waals surface area contributed by atoms with Crippen molar-refractivity contribution in [1.29, 1.82) is 0 Å². The van der Waals surface area contributed by atoms with E-state index in [0.717, 1.165) is 12.1 Å². The van der Waals surface area contributed by atoms with Crippen molar-refractivity contribution in [2.24, 2.45) is 0 Å². The third kappa shape index (κ3) is 10.6. The fraction of sp³-hybridized carbons (Fsp3) is 0.452. The van der Waals surface area contributed by atoms with Crippen LogP contribution in [0, 0.1) is 0 Å². The van der Waals surface area contributed by atoms with Crippen LogP contribution in [0.3, 0.4) is 0 Å². The number of imidazole rings is 1. The summed E-state index contributed by atoms with van der Waals surface area (Å²) >= 11 is 12.1. The monoisotopic (exact) mass is 828 g/mol. The van der Waals surface area contributed by atoms with Gasteiger partial charge in [-0.15, -0.1) is 0 Å². The second-order valence-corrected chi connectivity index (χ2v) is 15.5. The first-order chi connectivity index (χ1) is 23.6. The van der Waals surface area contributed by atoms with Gasteiger partial charge in [0.15, 0.2) is 11.0 Å². The Bertz CT molecular complexity index is 2070. The van der Waals surface area contributed by atoms with Crippen molar-refractivity contribution in [3.8, 4) is 0 Å². The number of unbranched alkanes of at least 4 members (excludes halogenated alkanes) is 2. The minimum Gasteiger partial charge on any atom is -0.748 e. The molecule has 0 N–H and O–H groups in total. The first kappa shape index (κ1) is 44.4. The van der Waals surface area contributed by atoms with Gasteiger partial charge in [-0.3, -0.25) is 0 Å². The maximum absolute atomic E-state index is 13.9. The zero-order chi connectivity index (χ0) is 38.1. The predicted octanol–water partition coefficient (Wildman–Crippen LogP) is 4.15. The van der Waals surface area contributed by atoms with Crippen molar-refractivity contribution in [3.05, 3.63) is 69.2 Å². The quantitative estimate of drug-likeness (QED) is 0.0780. The van der Waals surface area contributed by atoms with Crippen LogP contribution in [-0.2, 0) is 45.7 Å². The van der Waals surface area contributed by atoms with Crippen molar-refractivity contribution in [2.45, 2.75) is 65.0 Å².